The largest absolute Gasteiger partial charge is 0.330 e. The second-order valence-electron chi connectivity index (χ2n) is 3.57. The van der Waals surface area contributed by atoms with Crippen LogP contribution in [0.3, 0.4) is 0 Å². The molecule has 1 unspecified atom stereocenters. The highest BCUT2D eigenvalue weighted by atomic mass is 15.2. The van der Waals surface area contributed by atoms with Crippen LogP contribution in [-0.4, -0.2) is 43.7 Å². The molecule has 1 saturated heterocycles. The van der Waals surface area contributed by atoms with Crippen molar-refractivity contribution >= 4 is 0 Å². The van der Waals surface area contributed by atoms with Gasteiger partial charge in [-0.3, -0.25) is 4.90 Å². The van der Waals surface area contributed by atoms with E-state index in [4.69, 9.17) is 5.73 Å². The summed E-state index contributed by atoms with van der Waals surface area (Å²) in [4.78, 5) is 2.55. The Morgan fingerprint density at radius 1 is 1.42 bits per heavy atom. The zero-order chi connectivity index (χ0) is 8.81. The molecule has 0 aromatic carbocycles. The van der Waals surface area contributed by atoms with Gasteiger partial charge in [-0.25, -0.2) is 0 Å². The van der Waals surface area contributed by atoms with E-state index in [1.807, 2.05) is 0 Å². The number of rotatable bonds is 4. The van der Waals surface area contributed by atoms with Gasteiger partial charge in [-0.1, -0.05) is 0 Å². The van der Waals surface area contributed by atoms with E-state index in [0.717, 1.165) is 32.1 Å². The first-order valence-corrected chi connectivity index (χ1v) is 4.99. The zero-order valence-corrected chi connectivity index (χ0v) is 8.05. The number of hydrogen-bond donors (Lipinski definition) is 2. The molecule has 0 saturated carbocycles. The Hall–Kier alpha value is -0.120. The summed E-state index contributed by atoms with van der Waals surface area (Å²) in [5, 5.41) is 3.36. The third kappa shape index (κ3) is 3.09. The van der Waals surface area contributed by atoms with E-state index in [-0.39, 0.29) is 0 Å². The van der Waals surface area contributed by atoms with Crippen LogP contribution in [0.2, 0.25) is 0 Å². The number of nitrogens with zero attached hydrogens (tertiary/aromatic N) is 1. The maximum absolute atomic E-state index is 5.48. The van der Waals surface area contributed by atoms with Crippen molar-refractivity contribution in [2.45, 2.75) is 25.8 Å². The lowest BCUT2D eigenvalue weighted by molar-refractivity contribution is 0.175. The molecule has 1 aliphatic heterocycles. The summed E-state index contributed by atoms with van der Waals surface area (Å²) >= 11 is 0. The summed E-state index contributed by atoms with van der Waals surface area (Å²) < 4.78 is 0. The minimum absolute atomic E-state index is 0.718. The fourth-order valence-electron chi connectivity index (χ4n) is 1.72. The minimum Gasteiger partial charge on any atom is -0.330 e. The van der Waals surface area contributed by atoms with Crippen molar-refractivity contribution in [3.05, 3.63) is 0 Å². The number of nitrogens with one attached hydrogen (secondary N) is 1. The lowest BCUT2D eigenvalue weighted by Gasteiger charge is -2.32. The van der Waals surface area contributed by atoms with Crippen LogP contribution in [-0.2, 0) is 0 Å². The molecule has 3 nitrogen and oxygen atoms in total. The average Bonchev–Trinajstić information content (AvgIpc) is 2.15. The first-order valence-electron chi connectivity index (χ1n) is 4.99. The molecule has 0 aliphatic carbocycles. The molecule has 3 N–H and O–H groups in total. The van der Waals surface area contributed by atoms with Crippen LogP contribution in [0, 0.1) is 0 Å². The van der Waals surface area contributed by atoms with Crippen molar-refractivity contribution in [3.8, 4) is 0 Å². The van der Waals surface area contributed by atoms with Crippen molar-refractivity contribution < 1.29 is 0 Å². The molecule has 12 heavy (non-hydrogen) atoms. The van der Waals surface area contributed by atoms with Crippen LogP contribution >= 0.6 is 0 Å². The predicted molar refractivity (Wildman–Crippen MR) is 52.2 cm³/mol. The van der Waals surface area contributed by atoms with Crippen LogP contribution in [0.15, 0.2) is 0 Å². The summed E-state index contributed by atoms with van der Waals surface area (Å²) in [5.74, 6) is 0. The molecular weight excluding hydrogens is 150 g/mol. The van der Waals surface area contributed by atoms with E-state index in [9.17, 15) is 0 Å². The highest BCUT2D eigenvalue weighted by Gasteiger charge is 2.14. The summed E-state index contributed by atoms with van der Waals surface area (Å²) in [6.07, 6.45) is 2.40. The number of hydrogen-bond acceptors (Lipinski definition) is 3. The van der Waals surface area contributed by atoms with Gasteiger partial charge in [0.05, 0.1) is 0 Å². The van der Waals surface area contributed by atoms with Crippen LogP contribution < -0.4 is 11.1 Å². The van der Waals surface area contributed by atoms with Crippen LogP contribution in [0.1, 0.15) is 19.8 Å². The van der Waals surface area contributed by atoms with E-state index < -0.39 is 0 Å². The molecule has 72 valence electrons. The Morgan fingerprint density at radius 3 is 2.67 bits per heavy atom. The van der Waals surface area contributed by atoms with E-state index in [0.29, 0.717) is 0 Å². The molecule has 3 heteroatoms. The van der Waals surface area contributed by atoms with Gasteiger partial charge in [-0.15, -0.1) is 0 Å². The fraction of sp³-hybridized carbons (Fsp3) is 1.00. The minimum atomic E-state index is 0.718. The maximum Gasteiger partial charge on any atom is 0.0110 e. The molecule has 0 aromatic rings. The van der Waals surface area contributed by atoms with Crippen LogP contribution in [0.25, 0.3) is 0 Å². The van der Waals surface area contributed by atoms with Gasteiger partial charge in [0.2, 0.25) is 0 Å². The fourth-order valence-corrected chi connectivity index (χ4v) is 1.72. The summed E-state index contributed by atoms with van der Waals surface area (Å²) in [7, 11) is 0. The van der Waals surface area contributed by atoms with Crippen LogP contribution in [0.4, 0.5) is 0 Å². The second kappa shape index (κ2) is 5.51. The third-order valence-corrected chi connectivity index (χ3v) is 2.60. The summed E-state index contributed by atoms with van der Waals surface area (Å²) in [5.41, 5.74) is 5.48. The predicted octanol–water partition coefficient (Wildman–Crippen LogP) is 0.0190. The highest BCUT2D eigenvalue weighted by Crippen LogP contribution is 2.06. The molecule has 0 radical (unpaired) electrons. The highest BCUT2D eigenvalue weighted by molar-refractivity contribution is 4.73. The van der Waals surface area contributed by atoms with E-state index in [2.05, 4.69) is 17.1 Å². The molecule has 1 atom stereocenters. The monoisotopic (exact) mass is 171 g/mol. The summed E-state index contributed by atoms with van der Waals surface area (Å²) in [6.45, 7) is 7.83. The molecule has 0 bridgehead atoms. The standard InChI is InChI=1S/C9H21N3/c1-9(3-2-4-10)12-7-5-11-6-8-12/h9,11H,2-8,10H2,1H3. The zero-order valence-electron chi connectivity index (χ0n) is 8.05. The van der Waals surface area contributed by atoms with Gasteiger partial charge in [0.25, 0.3) is 0 Å². The van der Waals surface area contributed by atoms with Gasteiger partial charge in [0.1, 0.15) is 0 Å². The average molecular weight is 171 g/mol. The lowest BCUT2D eigenvalue weighted by atomic mass is 10.1. The summed E-state index contributed by atoms with van der Waals surface area (Å²) in [6, 6.07) is 0.718. The van der Waals surface area contributed by atoms with Gasteiger partial charge < -0.3 is 11.1 Å². The van der Waals surface area contributed by atoms with Crippen molar-refractivity contribution in [2.75, 3.05) is 32.7 Å². The van der Waals surface area contributed by atoms with E-state index in [1.165, 1.54) is 19.5 Å². The Kier molecular flexibility index (Phi) is 4.58. The Labute approximate surface area is 75.3 Å². The number of piperazine rings is 1. The maximum atomic E-state index is 5.48. The molecule has 0 amide bonds. The first kappa shape index (κ1) is 9.96. The van der Waals surface area contributed by atoms with Crippen LogP contribution in [0.5, 0.6) is 0 Å². The molecule has 1 fully saturated rings. The van der Waals surface area contributed by atoms with Gasteiger partial charge >= 0.3 is 0 Å². The van der Waals surface area contributed by atoms with E-state index >= 15 is 0 Å². The van der Waals surface area contributed by atoms with Crippen molar-refractivity contribution in [3.63, 3.8) is 0 Å². The topological polar surface area (TPSA) is 41.3 Å². The molecule has 1 heterocycles. The Balaban J connectivity index is 2.15. The smallest absolute Gasteiger partial charge is 0.0110 e. The Morgan fingerprint density at radius 2 is 2.08 bits per heavy atom. The molecule has 1 rings (SSSR count). The van der Waals surface area contributed by atoms with Gasteiger partial charge in [-0.05, 0) is 26.3 Å². The molecular formula is C9H21N3. The SMILES string of the molecule is CC(CCCN)N1CCNCC1. The molecule has 0 aromatic heterocycles. The normalized spacial score (nSPS) is 22.5. The van der Waals surface area contributed by atoms with Crippen molar-refractivity contribution in [1.82, 2.24) is 10.2 Å². The first-order chi connectivity index (χ1) is 5.84. The van der Waals surface area contributed by atoms with Crippen molar-refractivity contribution in [2.24, 2.45) is 5.73 Å². The lowest BCUT2D eigenvalue weighted by Crippen LogP contribution is -2.47. The third-order valence-electron chi connectivity index (χ3n) is 2.60. The molecule has 0 spiro atoms. The van der Waals surface area contributed by atoms with Gasteiger partial charge in [-0.2, -0.15) is 0 Å². The van der Waals surface area contributed by atoms with Gasteiger partial charge in [0, 0.05) is 32.2 Å². The van der Waals surface area contributed by atoms with Crippen molar-refractivity contribution in [1.29, 1.82) is 0 Å². The second-order valence-corrected chi connectivity index (χ2v) is 3.57. The van der Waals surface area contributed by atoms with E-state index in [1.54, 1.807) is 0 Å². The Bertz CT molecular complexity index is 110. The van der Waals surface area contributed by atoms with Gasteiger partial charge in [0.15, 0.2) is 0 Å². The number of nitrogens with two attached hydrogens (primary N) is 1. The quantitative estimate of drug-likeness (QED) is 0.626. The molecule has 1 aliphatic rings.